The lowest BCUT2D eigenvalue weighted by Gasteiger charge is -2.04. The van der Waals surface area contributed by atoms with Crippen molar-refractivity contribution < 1.29 is 9.21 Å². The summed E-state index contributed by atoms with van der Waals surface area (Å²) >= 11 is 0. The van der Waals surface area contributed by atoms with Gasteiger partial charge in [0.15, 0.2) is 0 Å². The second-order valence-corrected chi connectivity index (χ2v) is 5.79. The van der Waals surface area contributed by atoms with Gasteiger partial charge in [-0.05, 0) is 43.7 Å². The first kappa shape index (κ1) is 15.9. The normalized spacial score (nSPS) is 10.6. The molecule has 2 aromatic carbocycles. The number of carbonyl (C=O) groups is 1. The van der Waals surface area contributed by atoms with E-state index < -0.39 is 0 Å². The summed E-state index contributed by atoms with van der Waals surface area (Å²) in [7, 11) is 0. The number of anilines is 1. The summed E-state index contributed by atoms with van der Waals surface area (Å²) in [4.78, 5) is 12.0. The third kappa shape index (κ3) is 4.07. The van der Waals surface area contributed by atoms with Gasteiger partial charge in [-0.15, -0.1) is 10.2 Å². The van der Waals surface area contributed by atoms with Gasteiger partial charge in [-0.25, -0.2) is 0 Å². The van der Waals surface area contributed by atoms with E-state index in [1.54, 1.807) is 0 Å². The van der Waals surface area contributed by atoms with Gasteiger partial charge in [0.2, 0.25) is 17.7 Å². The highest BCUT2D eigenvalue weighted by atomic mass is 16.4. The molecule has 1 amide bonds. The molecule has 3 aromatic rings. The van der Waals surface area contributed by atoms with Crippen LogP contribution in [0.3, 0.4) is 0 Å². The van der Waals surface area contributed by atoms with Gasteiger partial charge in [0, 0.05) is 24.1 Å². The standard InChI is InChI=1S/C19H19N3O2/c1-13-5-3-7-15(11-13)19-22-21-18(24-19)10-9-17(23)20-16-8-4-6-14(2)12-16/h3-8,11-12H,9-10H2,1-2H3,(H,20,23). The van der Waals surface area contributed by atoms with Crippen LogP contribution < -0.4 is 5.32 Å². The minimum Gasteiger partial charge on any atom is -0.421 e. The van der Waals surface area contributed by atoms with Crippen LogP contribution in [-0.2, 0) is 11.2 Å². The highest BCUT2D eigenvalue weighted by molar-refractivity contribution is 5.90. The van der Waals surface area contributed by atoms with Gasteiger partial charge in [0.05, 0.1) is 0 Å². The fraction of sp³-hybridized carbons (Fsp3) is 0.211. The molecule has 0 unspecified atom stereocenters. The van der Waals surface area contributed by atoms with Crippen molar-refractivity contribution in [1.29, 1.82) is 0 Å². The van der Waals surface area contributed by atoms with E-state index in [9.17, 15) is 4.79 Å². The summed E-state index contributed by atoms with van der Waals surface area (Å²) in [6.45, 7) is 4.00. The Balaban J connectivity index is 1.58. The second-order valence-electron chi connectivity index (χ2n) is 5.79. The molecule has 1 N–H and O–H groups in total. The van der Waals surface area contributed by atoms with E-state index in [-0.39, 0.29) is 5.91 Å². The maximum atomic E-state index is 12.0. The maximum absolute atomic E-state index is 12.0. The van der Waals surface area contributed by atoms with Crippen LogP contribution in [0.5, 0.6) is 0 Å². The zero-order valence-corrected chi connectivity index (χ0v) is 13.7. The lowest BCUT2D eigenvalue weighted by atomic mass is 10.1. The summed E-state index contributed by atoms with van der Waals surface area (Å²) < 4.78 is 5.64. The van der Waals surface area contributed by atoms with Gasteiger partial charge in [0.25, 0.3) is 0 Å². The van der Waals surface area contributed by atoms with Crippen LogP contribution in [0.4, 0.5) is 5.69 Å². The molecule has 0 radical (unpaired) electrons. The Hall–Kier alpha value is -2.95. The van der Waals surface area contributed by atoms with E-state index >= 15 is 0 Å². The molecule has 1 heterocycles. The van der Waals surface area contributed by atoms with Crippen LogP contribution in [0.1, 0.15) is 23.4 Å². The Labute approximate surface area is 140 Å². The smallest absolute Gasteiger partial charge is 0.247 e. The Kier molecular flexibility index (Phi) is 4.70. The molecule has 0 saturated heterocycles. The van der Waals surface area contributed by atoms with E-state index in [1.165, 1.54) is 0 Å². The lowest BCUT2D eigenvalue weighted by molar-refractivity contribution is -0.116. The summed E-state index contributed by atoms with van der Waals surface area (Å²) in [6.07, 6.45) is 0.708. The molecular weight excluding hydrogens is 302 g/mol. The number of nitrogens with zero attached hydrogens (tertiary/aromatic N) is 2. The minimum absolute atomic E-state index is 0.0732. The van der Waals surface area contributed by atoms with Crippen molar-refractivity contribution in [3.05, 3.63) is 65.5 Å². The minimum atomic E-state index is -0.0732. The number of amides is 1. The number of aryl methyl sites for hydroxylation is 3. The molecule has 5 nitrogen and oxygen atoms in total. The Bertz CT molecular complexity index is 855. The molecule has 0 aliphatic rings. The number of nitrogens with one attached hydrogen (secondary N) is 1. The SMILES string of the molecule is Cc1cccc(NC(=O)CCc2nnc(-c3cccc(C)c3)o2)c1. The zero-order chi connectivity index (χ0) is 16.9. The Morgan fingerprint density at radius 2 is 1.79 bits per heavy atom. The van der Waals surface area contributed by atoms with Crippen LogP contribution in [0.2, 0.25) is 0 Å². The van der Waals surface area contributed by atoms with Crippen LogP contribution in [-0.4, -0.2) is 16.1 Å². The molecule has 3 rings (SSSR count). The van der Waals surface area contributed by atoms with Crippen molar-refractivity contribution in [2.24, 2.45) is 0 Å². The third-order valence-corrected chi connectivity index (χ3v) is 3.60. The van der Waals surface area contributed by atoms with Gasteiger partial charge >= 0.3 is 0 Å². The molecule has 0 atom stereocenters. The first-order valence-electron chi connectivity index (χ1n) is 7.86. The number of benzene rings is 2. The predicted octanol–water partition coefficient (Wildman–Crippen LogP) is 3.92. The van der Waals surface area contributed by atoms with Gasteiger partial charge in [-0.3, -0.25) is 4.79 Å². The van der Waals surface area contributed by atoms with Crippen molar-refractivity contribution in [1.82, 2.24) is 10.2 Å². The fourth-order valence-corrected chi connectivity index (χ4v) is 2.42. The molecule has 0 bridgehead atoms. The molecule has 1 aromatic heterocycles. The molecular formula is C19H19N3O2. The van der Waals surface area contributed by atoms with Gasteiger partial charge in [0.1, 0.15) is 0 Å². The highest BCUT2D eigenvalue weighted by Gasteiger charge is 2.11. The summed E-state index contributed by atoms with van der Waals surface area (Å²) in [5, 5.41) is 10.9. The number of carbonyl (C=O) groups excluding carboxylic acids is 1. The maximum Gasteiger partial charge on any atom is 0.247 e. The van der Waals surface area contributed by atoms with E-state index in [0.29, 0.717) is 24.6 Å². The summed E-state index contributed by atoms with van der Waals surface area (Å²) in [5.41, 5.74) is 3.92. The Morgan fingerprint density at radius 3 is 2.54 bits per heavy atom. The van der Waals surface area contributed by atoms with Crippen molar-refractivity contribution in [2.75, 3.05) is 5.32 Å². The molecule has 0 aliphatic carbocycles. The van der Waals surface area contributed by atoms with Gasteiger partial charge < -0.3 is 9.73 Å². The first-order valence-corrected chi connectivity index (χ1v) is 7.86. The fourth-order valence-electron chi connectivity index (χ4n) is 2.42. The van der Waals surface area contributed by atoms with Crippen LogP contribution in [0.25, 0.3) is 11.5 Å². The number of hydrogen-bond acceptors (Lipinski definition) is 4. The molecule has 122 valence electrons. The Morgan fingerprint density at radius 1 is 1.04 bits per heavy atom. The number of aromatic nitrogens is 2. The van der Waals surface area contributed by atoms with Crippen LogP contribution in [0.15, 0.2) is 52.9 Å². The number of hydrogen-bond donors (Lipinski definition) is 1. The van der Waals surface area contributed by atoms with E-state index in [1.807, 2.05) is 62.4 Å². The van der Waals surface area contributed by atoms with Gasteiger partial charge in [-0.1, -0.05) is 29.8 Å². The van der Waals surface area contributed by atoms with Crippen molar-refractivity contribution in [3.63, 3.8) is 0 Å². The zero-order valence-electron chi connectivity index (χ0n) is 13.7. The van der Waals surface area contributed by atoms with E-state index in [2.05, 4.69) is 15.5 Å². The average molecular weight is 321 g/mol. The monoisotopic (exact) mass is 321 g/mol. The van der Waals surface area contributed by atoms with Crippen molar-refractivity contribution in [2.45, 2.75) is 26.7 Å². The molecule has 0 spiro atoms. The molecule has 0 aliphatic heterocycles. The molecule has 0 fully saturated rings. The summed E-state index contributed by atoms with van der Waals surface area (Å²) in [5.74, 6) is 0.870. The van der Waals surface area contributed by atoms with E-state index in [4.69, 9.17) is 4.42 Å². The summed E-state index contributed by atoms with van der Waals surface area (Å²) in [6, 6.07) is 15.6. The second kappa shape index (κ2) is 7.08. The first-order chi connectivity index (χ1) is 11.6. The van der Waals surface area contributed by atoms with Crippen molar-refractivity contribution >= 4 is 11.6 Å². The van der Waals surface area contributed by atoms with Crippen LogP contribution >= 0.6 is 0 Å². The largest absolute Gasteiger partial charge is 0.421 e. The lowest BCUT2D eigenvalue weighted by Crippen LogP contribution is -2.12. The quantitative estimate of drug-likeness (QED) is 0.773. The topological polar surface area (TPSA) is 68.0 Å². The van der Waals surface area contributed by atoms with Gasteiger partial charge in [-0.2, -0.15) is 0 Å². The highest BCUT2D eigenvalue weighted by Crippen LogP contribution is 2.19. The number of rotatable bonds is 5. The molecule has 24 heavy (non-hydrogen) atoms. The van der Waals surface area contributed by atoms with E-state index in [0.717, 1.165) is 22.4 Å². The third-order valence-electron chi connectivity index (χ3n) is 3.60. The average Bonchev–Trinajstić information content (AvgIpc) is 3.02. The molecule has 0 saturated carbocycles. The molecule has 5 heteroatoms. The van der Waals surface area contributed by atoms with Crippen molar-refractivity contribution in [3.8, 4) is 11.5 Å². The predicted molar refractivity (Wildman–Crippen MR) is 92.6 cm³/mol. The van der Waals surface area contributed by atoms with Crippen LogP contribution in [0, 0.1) is 13.8 Å².